The van der Waals surface area contributed by atoms with Crippen LogP contribution in [-0.4, -0.2) is 16.1 Å². The van der Waals surface area contributed by atoms with Gasteiger partial charge in [0.05, 0.1) is 12.0 Å². The van der Waals surface area contributed by atoms with Gasteiger partial charge < -0.3 is 9.88 Å². The Kier molecular flexibility index (Phi) is 6.27. The predicted octanol–water partition coefficient (Wildman–Crippen LogP) is 3.38. The Hall–Kier alpha value is -0.830. The number of hydrogen-bond donors (Lipinski definition) is 1. The molecule has 0 spiro atoms. The van der Waals surface area contributed by atoms with E-state index in [1.165, 1.54) is 25.0 Å². The molecule has 17 heavy (non-hydrogen) atoms. The van der Waals surface area contributed by atoms with Crippen molar-refractivity contribution in [2.45, 2.75) is 59.5 Å². The summed E-state index contributed by atoms with van der Waals surface area (Å²) >= 11 is 0. The lowest BCUT2D eigenvalue weighted by Gasteiger charge is -2.12. The van der Waals surface area contributed by atoms with Gasteiger partial charge in [-0.15, -0.1) is 0 Å². The second-order valence-electron chi connectivity index (χ2n) is 5.45. The molecule has 0 aliphatic carbocycles. The van der Waals surface area contributed by atoms with Gasteiger partial charge in [-0.1, -0.05) is 26.7 Å². The van der Waals surface area contributed by atoms with Crippen LogP contribution in [0, 0.1) is 5.92 Å². The maximum absolute atomic E-state index is 4.20. The van der Waals surface area contributed by atoms with Gasteiger partial charge in [0.25, 0.3) is 0 Å². The van der Waals surface area contributed by atoms with Gasteiger partial charge in [0.1, 0.15) is 0 Å². The molecule has 0 unspecified atom stereocenters. The van der Waals surface area contributed by atoms with E-state index in [9.17, 15) is 0 Å². The molecule has 1 rings (SSSR count). The Morgan fingerprint density at radius 2 is 2.00 bits per heavy atom. The summed E-state index contributed by atoms with van der Waals surface area (Å²) < 4.78 is 2.22. The molecule has 0 bridgehead atoms. The zero-order valence-corrected chi connectivity index (χ0v) is 11.7. The molecule has 0 atom stereocenters. The SMILES string of the molecule is CC(C)CCCCNCc1cncn1C(C)C. The van der Waals surface area contributed by atoms with Crippen LogP contribution >= 0.6 is 0 Å². The molecule has 3 heteroatoms. The number of unbranched alkanes of at least 4 members (excludes halogenated alkanes) is 1. The van der Waals surface area contributed by atoms with Crippen molar-refractivity contribution < 1.29 is 0 Å². The molecule has 0 fully saturated rings. The molecule has 0 saturated heterocycles. The van der Waals surface area contributed by atoms with Crippen molar-refractivity contribution in [3.8, 4) is 0 Å². The second kappa shape index (κ2) is 7.49. The lowest BCUT2D eigenvalue weighted by molar-refractivity contribution is 0.509. The van der Waals surface area contributed by atoms with Crippen LogP contribution in [0.25, 0.3) is 0 Å². The van der Waals surface area contributed by atoms with Crippen molar-refractivity contribution in [3.63, 3.8) is 0 Å². The summed E-state index contributed by atoms with van der Waals surface area (Å²) in [6, 6.07) is 0.496. The molecule has 1 heterocycles. The first kappa shape index (κ1) is 14.2. The van der Waals surface area contributed by atoms with E-state index in [1.807, 2.05) is 12.5 Å². The van der Waals surface area contributed by atoms with E-state index in [1.54, 1.807) is 0 Å². The second-order valence-corrected chi connectivity index (χ2v) is 5.45. The fourth-order valence-electron chi connectivity index (χ4n) is 1.95. The molecule has 0 aliphatic rings. The van der Waals surface area contributed by atoms with Gasteiger partial charge in [-0.2, -0.15) is 0 Å². The maximum atomic E-state index is 4.20. The predicted molar refractivity (Wildman–Crippen MR) is 73.0 cm³/mol. The van der Waals surface area contributed by atoms with Gasteiger partial charge in [0.2, 0.25) is 0 Å². The Bertz CT molecular complexity index is 302. The van der Waals surface area contributed by atoms with E-state index in [0.29, 0.717) is 6.04 Å². The highest BCUT2D eigenvalue weighted by Crippen LogP contribution is 2.09. The first-order valence-electron chi connectivity index (χ1n) is 6.82. The summed E-state index contributed by atoms with van der Waals surface area (Å²) in [5.41, 5.74) is 1.28. The number of hydrogen-bond acceptors (Lipinski definition) is 2. The maximum Gasteiger partial charge on any atom is 0.0951 e. The van der Waals surface area contributed by atoms with E-state index >= 15 is 0 Å². The van der Waals surface area contributed by atoms with E-state index < -0.39 is 0 Å². The van der Waals surface area contributed by atoms with Crippen molar-refractivity contribution in [2.75, 3.05) is 6.54 Å². The minimum atomic E-state index is 0.496. The molecule has 0 amide bonds. The Labute approximate surface area is 106 Å². The topological polar surface area (TPSA) is 29.9 Å². The van der Waals surface area contributed by atoms with Crippen LogP contribution in [0.3, 0.4) is 0 Å². The summed E-state index contributed by atoms with van der Waals surface area (Å²) in [6.07, 6.45) is 7.81. The lowest BCUT2D eigenvalue weighted by Crippen LogP contribution is -2.18. The molecule has 0 aromatic carbocycles. The third-order valence-electron chi connectivity index (χ3n) is 2.99. The van der Waals surface area contributed by atoms with Crippen LogP contribution in [0.1, 0.15) is 58.7 Å². The summed E-state index contributed by atoms with van der Waals surface area (Å²) in [5.74, 6) is 0.831. The molecular formula is C14H27N3. The van der Waals surface area contributed by atoms with Crippen LogP contribution in [0.15, 0.2) is 12.5 Å². The monoisotopic (exact) mass is 237 g/mol. The van der Waals surface area contributed by atoms with Gasteiger partial charge in [0, 0.05) is 18.8 Å². The number of nitrogens with one attached hydrogen (secondary N) is 1. The van der Waals surface area contributed by atoms with Crippen molar-refractivity contribution in [1.82, 2.24) is 14.9 Å². The fourth-order valence-corrected chi connectivity index (χ4v) is 1.95. The Balaban J connectivity index is 2.16. The highest BCUT2D eigenvalue weighted by molar-refractivity contribution is 4.99. The average Bonchev–Trinajstić information content (AvgIpc) is 2.71. The highest BCUT2D eigenvalue weighted by Gasteiger charge is 2.04. The number of imidazole rings is 1. The third-order valence-corrected chi connectivity index (χ3v) is 2.99. The molecule has 0 radical (unpaired) electrons. The molecule has 0 saturated carbocycles. The van der Waals surface area contributed by atoms with Gasteiger partial charge in [0.15, 0.2) is 0 Å². The molecule has 98 valence electrons. The van der Waals surface area contributed by atoms with Gasteiger partial charge in [-0.3, -0.25) is 0 Å². The standard InChI is InChI=1S/C14H27N3/c1-12(2)7-5-6-8-15-9-14-10-16-11-17(14)13(3)4/h10-13,15H,5-9H2,1-4H3. The van der Waals surface area contributed by atoms with Crippen molar-refractivity contribution >= 4 is 0 Å². The van der Waals surface area contributed by atoms with Gasteiger partial charge in [-0.05, 0) is 32.7 Å². The summed E-state index contributed by atoms with van der Waals surface area (Å²) in [6.45, 7) is 11.0. The molecule has 1 aromatic rings. The molecule has 1 aromatic heterocycles. The number of aromatic nitrogens is 2. The first-order valence-corrected chi connectivity index (χ1v) is 6.82. The Morgan fingerprint density at radius 3 is 2.65 bits per heavy atom. The zero-order valence-electron chi connectivity index (χ0n) is 11.7. The smallest absolute Gasteiger partial charge is 0.0951 e. The minimum Gasteiger partial charge on any atom is -0.331 e. The average molecular weight is 237 g/mol. The normalized spacial score (nSPS) is 11.6. The fraction of sp³-hybridized carbons (Fsp3) is 0.786. The van der Waals surface area contributed by atoms with Crippen molar-refractivity contribution in [3.05, 3.63) is 18.2 Å². The minimum absolute atomic E-state index is 0.496. The highest BCUT2D eigenvalue weighted by atomic mass is 15.1. The number of nitrogens with zero attached hydrogens (tertiary/aromatic N) is 2. The quantitative estimate of drug-likeness (QED) is 0.702. The van der Waals surface area contributed by atoms with Gasteiger partial charge in [-0.25, -0.2) is 4.98 Å². The van der Waals surface area contributed by atoms with Crippen LogP contribution in [0.2, 0.25) is 0 Å². The lowest BCUT2D eigenvalue weighted by atomic mass is 10.1. The van der Waals surface area contributed by atoms with Crippen molar-refractivity contribution in [2.24, 2.45) is 5.92 Å². The van der Waals surface area contributed by atoms with E-state index in [4.69, 9.17) is 0 Å². The molecular weight excluding hydrogens is 210 g/mol. The first-order chi connectivity index (χ1) is 8.11. The zero-order chi connectivity index (χ0) is 12.7. The summed E-state index contributed by atoms with van der Waals surface area (Å²) in [7, 11) is 0. The van der Waals surface area contributed by atoms with Gasteiger partial charge >= 0.3 is 0 Å². The summed E-state index contributed by atoms with van der Waals surface area (Å²) in [5, 5.41) is 3.50. The van der Waals surface area contributed by atoms with E-state index in [0.717, 1.165) is 19.0 Å². The van der Waals surface area contributed by atoms with E-state index in [2.05, 4.69) is 42.6 Å². The Morgan fingerprint density at radius 1 is 1.24 bits per heavy atom. The molecule has 1 N–H and O–H groups in total. The summed E-state index contributed by atoms with van der Waals surface area (Å²) in [4.78, 5) is 4.20. The van der Waals surface area contributed by atoms with Crippen LogP contribution in [0.4, 0.5) is 0 Å². The van der Waals surface area contributed by atoms with Crippen LogP contribution < -0.4 is 5.32 Å². The van der Waals surface area contributed by atoms with Crippen molar-refractivity contribution in [1.29, 1.82) is 0 Å². The molecule has 0 aliphatic heterocycles. The van der Waals surface area contributed by atoms with E-state index in [-0.39, 0.29) is 0 Å². The largest absolute Gasteiger partial charge is 0.331 e. The molecule has 3 nitrogen and oxygen atoms in total. The number of rotatable bonds is 8. The van der Waals surface area contributed by atoms with Crippen LogP contribution in [0.5, 0.6) is 0 Å². The third kappa shape index (κ3) is 5.35. The van der Waals surface area contributed by atoms with Crippen LogP contribution in [-0.2, 0) is 6.54 Å².